The Labute approximate surface area is 172 Å². The molecule has 0 aliphatic heterocycles. The Bertz CT molecular complexity index is 1210. The van der Waals surface area contributed by atoms with Crippen molar-refractivity contribution >= 4 is 45.4 Å². The van der Waals surface area contributed by atoms with Gasteiger partial charge < -0.3 is 4.57 Å². The number of carbonyl (C=O) groups is 1. The van der Waals surface area contributed by atoms with Crippen LogP contribution in [0.1, 0.15) is 6.92 Å². The lowest BCUT2D eigenvalue weighted by atomic mass is 10.2. The van der Waals surface area contributed by atoms with Crippen molar-refractivity contribution in [2.45, 2.75) is 18.6 Å². The van der Waals surface area contributed by atoms with Gasteiger partial charge in [0.25, 0.3) is 0 Å². The minimum absolute atomic E-state index is 0.00831. The van der Waals surface area contributed by atoms with Gasteiger partial charge in [-0.25, -0.2) is 4.98 Å². The zero-order valence-corrected chi connectivity index (χ0v) is 16.6. The molecule has 2 aromatic heterocycles. The van der Waals surface area contributed by atoms with Gasteiger partial charge in [-0.1, -0.05) is 48.2 Å². The predicted molar refractivity (Wildman–Crippen MR) is 114 cm³/mol. The third kappa shape index (κ3) is 3.65. The SMILES string of the molecule is CCn1c2ccccc2c2nnc(SCC(=O)N(CC#N)c3ccccc3)nc21. The Hall–Kier alpha value is -3.44. The molecule has 0 saturated heterocycles. The summed E-state index contributed by atoms with van der Waals surface area (Å²) in [4.78, 5) is 18.8. The first-order valence-electron chi connectivity index (χ1n) is 9.19. The number of anilines is 1. The molecule has 0 aliphatic carbocycles. The zero-order chi connectivity index (χ0) is 20.2. The molecule has 7 nitrogen and oxygen atoms in total. The van der Waals surface area contributed by atoms with Gasteiger partial charge in [-0.05, 0) is 25.1 Å². The van der Waals surface area contributed by atoms with Gasteiger partial charge in [0.1, 0.15) is 12.1 Å². The molecule has 0 aliphatic rings. The maximum Gasteiger partial charge on any atom is 0.238 e. The Morgan fingerprint density at radius 1 is 1.14 bits per heavy atom. The zero-order valence-electron chi connectivity index (χ0n) is 15.8. The van der Waals surface area contributed by atoms with Crippen LogP contribution in [0.2, 0.25) is 0 Å². The van der Waals surface area contributed by atoms with Crippen LogP contribution in [0.3, 0.4) is 0 Å². The summed E-state index contributed by atoms with van der Waals surface area (Å²) < 4.78 is 2.09. The molecule has 0 atom stereocenters. The van der Waals surface area contributed by atoms with Crippen LogP contribution in [0.25, 0.3) is 22.1 Å². The van der Waals surface area contributed by atoms with E-state index in [1.54, 1.807) is 0 Å². The highest BCUT2D eigenvalue weighted by molar-refractivity contribution is 7.99. The number of aryl methyl sites for hydroxylation is 1. The van der Waals surface area contributed by atoms with Crippen LogP contribution in [0.15, 0.2) is 59.8 Å². The highest BCUT2D eigenvalue weighted by Crippen LogP contribution is 2.27. The second-order valence-corrected chi connectivity index (χ2v) is 7.23. The minimum Gasteiger partial charge on any atom is -0.324 e. The van der Waals surface area contributed by atoms with E-state index < -0.39 is 0 Å². The molecule has 4 rings (SSSR count). The fourth-order valence-corrected chi connectivity index (χ4v) is 3.93. The van der Waals surface area contributed by atoms with Crippen molar-refractivity contribution in [3.05, 3.63) is 54.6 Å². The van der Waals surface area contributed by atoms with Crippen LogP contribution in [0.5, 0.6) is 0 Å². The first-order chi connectivity index (χ1) is 14.2. The minimum atomic E-state index is -0.178. The highest BCUT2D eigenvalue weighted by atomic mass is 32.2. The molecule has 2 aromatic carbocycles. The molecule has 0 bridgehead atoms. The molecule has 0 spiro atoms. The molecule has 0 radical (unpaired) electrons. The average Bonchev–Trinajstić information content (AvgIpc) is 3.09. The average molecular weight is 402 g/mol. The van der Waals surface area contributed by atoms with E-state index >= 15 is 0 Å². The number of para-hydroxylation sites is 2. The van der Waals surface area contributed by atoms with Crippen LogP contribution in [-0.4, -0.2) is 38.0 Å². The number of hydrogen-bond acceptors (Lipinski definition) is 6. The number of rotatable bonds is 6. The molecule has 0 saturated carbocycles. The van der Waals surface area contributed by atoms with E-state index in [1.807, 2.05) is 60.7 Å². The van der Waals surface area contributed by atoms with E-state index in [0.717, 1.165) is 28.6 Å². The molecule has 144 valence electrons. The lowest BCUT2D eigenvalue weighted by Gasteiger charge is -2.19. The maximum absolute atomic E-state index is 12.7. The third-order valence-electron chi connectivity index (χ3n) is 4.59. The molecule has 29 heavy (non-hydrogen) atoms. The summed E-state index contributed by atoms with van der Waals surface area (Å²) in [7, 11) is 0. The number of thioether (sulfide) groups is 1. The predicted octanol–water partition coefficient (Wildman–Crippen LogP) is 3.65. The second kappa shape index (κ2) is 8.29. The van der Waals surface area contributed by atoms with Crippen LogP contribution in [-0.2, 0) is 11.3 Å². The van der Waals surface area contributed by atoms with E-state index in [0.29, 0.717) is 10.8 Å². The van der Waals surface area contributed by atoms with E-state index in [4.69, 9.17) is 5.26 Å². The fourth-order valence-electron chi connectivity index (χ4n) is 3.28. The molecule has 0 unspecified atom stereocenters. The number of fused-ring (bicyclic) bond motifs is 3. The standard InChI is InChI=1S/C21H18N6OS/c1-2-26-17-11-7-6-10-16(17)19-20(26)23-21(25-24-19)29-14-18(28)27(13-12-22)15-8-4-3-5-9-15/h3-11H,2,13-14H2,1H3. The number of carbonyl (C=O) groups excluding carboxylic acids is 1. The summed E-state index contributed by atoms with van der Waals surface area (Å²) in [5.74, 6) is -0.0571. The summed E-state index contributed by atoms with van der Waals surface area (Å²) >= 11 is 1.22. The lowest BCUT2D eigenvalue weighted by molar-refractivity contribution is -0.116. The Morgan fingerprint density at radius 3 is 2.66 bits per heavy atom. The van der Waals surface area contributed by atoms with E-state index in [-0.39, 0.29) is 18.2 Å². The van der Waals surface area contributed by atoms with Crippen LogP contribution < -0.4 is 4.90 Å². The van der Waals surface area contributed by atoms with E-state index in [9.17, 15) is 4.79 Å². The molecule has 1 amide bonds. The van der Waals surface area contributed by atoms with Crippen molar-refractivity contribution < 1.29 is 4.79 Å². The van der Waals surface area contributed by atoms with Gasteiger partial charge in [-0.15, -0.1) is 10.2 Å². The monoisotopic (exact) mass is 402 g/mol. The summed E-state index contributed by atoms with van der Waals surface area (Å²) in [6.07, 6.45) is 0. The third-order valence-corrected chi connectivity index (χ3v) is 5.42. The molecule has 4 aromatic rings. The number of amides is 1. The molecule has 8 heteroatoms. The van der Waals surface area contributed by atoms with Crippen LogP contribution in [0.4, 0.5) is 5.69 Å². The molecular formula is C21H18N6OS. The van der Waals surface area contributed by atoms with Crippen LogP contribution >= 0.6 is 11.8 Å². The number of nitrogens with zero attached hydrogens (tertiary/aromatic N) is 6. The molecule has 0 fully saturated rings. The van der Waals surface area contributed by atoms with Gasteiger partial charge >= 0.3 is 0 Å². The van der Waals surface area contributed by atoms with Gasteiger partial charge in [0.15, 0.2) is 5.65 Å². The second-order valence-electron chi connectivity index (χ2n) is 6.29. The summed E-state index contributed by atoms with van der Waals surface area (Å²) in [5, 5.41) is 19.1. The summed E-state index contributed by atoms with van der Waals surface area (Å²) in [5.41, 5.74) is 3.28. The Morgan fingerprint density at radius 2 is 1.90 bits per heavy atom. The molecule has 0 N–H and O–H groups in total. The number of nitriles is 1. The van der Waals surface area contributed by atoms with Crippen LogP contribution in [0, 0.1) is 11.3 Å². The van der Waals surface area contributed by atoms with Crippen molar-refractivity contribution in [2.75, 3.05) is 17.2 Å². The Balaban J connectivity index is 1.59. The van der Waals surface area contributed by atoms with Gasteiger partial charge in [0, 0.05) is 17.6 Å². The van der Waals surface area contributed by atoms with Crippen molar-refractivity contribution in [1.82, 2.24) is 19.7 Å². The number of aromatic nitrogens is 4. The number of hydrogen-bond donors (Lipinski definition) is 0. The van der Waals surface area contributed by atoms with Crippen molar-refractivity contribution in [3.63, 3.8) is 0 Å². The quantitative estimate of drug-likeness (QED) is 0.361. The Kier molecular flexibility index (Phi) is 5.40. The molecule has 2 heterocycles. The highest BCUT2D eigenvalue weighted by Gasteiger charge is 2.18. The smallest absolute Gasteiger partial charge is 0.238 e. The topological polar surface area (TPSA) is 87.7 Å². The summed E-state index contributed by atoms with van der Waals surface area (Å²) in [6.45, 7) is 2.81. The van der Waals surface area contributed by atoms with E-state index in [1.165, 1.54) is 16.7 Å². The maximum atomic E-state index is 12.7. The largest absolute Gasteiger partial charge is 0.324 e. The fraction of sp³-hybridized carbons (Fsp3) is 0.190. The van der Waals surface area contributed by atoms with Gasteiger partial charge in [0.05, 0.1) is 17.3 Å². The van der Waals surface area contributed by atoms with Gasteiger partial charge in [-0.3, -0.25) is 9.69 Å². The summed E-state index contributed by atoms with van der Waals surface area (Å²) in [6, 6.07) is 19.2. The first kappa shape index (κ1) is 18.9. The normalized spacial score (nSPS) is 10.9. The first-order valence-corrected chi connectivity index (χ1v) is 10.2. The number of benzene rings is 2. The van der Waals surface area contributed by atoms with Gasteiger partial charge in [0.2, 0.25) is 11.1 Å². The lowest BCUT2D eigenvalue weighted by Crippen LogP contribution is -2.32. The molecular weight excluding hydrogens is 384 g/mol. The van der Waals surface area contributed by atoms with Crippen molar-refractivity contribution in [3.8, 4) is 6.07 Å². The van der Waals surface area contributed by atoms with Crippen molar-refractivity contribution in [2.24, 2.45) is 0 Å². The van der Waals surface area contributed by atoms with E-state index in [2.05, 4.69) is 26.7 Å². The van der Waals surface area contributed by atoms with Gasteiger partial charge in [-0.2, -0.15) is 5.26 Å². The van der Waals surface area contributed by atoms with Crippen molar-refractivity contribution in [1.29, 1.82) is 5.26 Å².